The van der Waals surface area contributed by atoms with Crippen LogP contribution in [0.15, 0.2) is 73.1 Å². The fourth-order valence-corrected chi connectivity index (χ4v) is 4.63. The van der Waals surface area contributed by atoms with Crippen molar-refractivity contribution in [3.63, 3.8) is 0 Å². The lowest BCUT2D eigenvalue weighted by Gasteiger charge is -2.28. The summed E-state index contributed by atoms with van der Waals surface area (Å²) in [6.07, 6.45) is 6.27. The zero-order chi connectivity index (χ0) is 22.8. The Labute approximate surface area is 191 Å². The van der Waals surface area contributed by atoms with Crippen molar-refractivity contribution in [2.75, 3.05) is 0 Å². The Hall–Kier alpha value is -3.51. The van der Waals surface area contributed by atoms with E-state index in [9.17, 15) is 14.3 Å². The van der Waals surface area contributed by atoms with Gasteiger partial charge in [0.05, 0.1) is 35.5 Å². The first-order chi connectivity index (χ1) is 16.1. The molecule has 0 saturated heterocycles. The summed E-state index contributed by atoms with van der Waals surface area (Å²) in [6, 6.07) is 18.5. The first-order valence-corrected chi connectivity index (χ1v) is 11.4. The van der Waals surface area contributed by atoms with Crippen LogP contribution in [0.4, 0.5) is 4.39 Å². The first kappa shape index (κ1) is 21.3. The lowest BCUT2D eigenvalue weighted by molar-refractivity contribution is 0.0718. The molecule has 0 spiro atoms. The van der Waals surface area contributed by atoms with Gasteiger partial charge in [0.2, 0.25) is 0 Å². The maximum Gasteiger partial charge on any atom is 0.253 e. The van der Waals surface area contributed by atoms with Crippen molar-refractivity contribution in [1.29, 1.82) is 0 Å². The van der Waals surface area contributed by atoms with Crippen LogP contribution in [0.2, 0.25) is 0 Å². The summed E-state index contributed by atoms with van der Waals surface area (Å²) < 4.78 is 16.7. The highest BCUT2D eigenvalue weighted by atomic mass is 19.1. The summed E-state index contributed by atoms with van der Waals surface area (Å²) in [7, 11) is 0. The van der Waals surface area contributed by atoms with Crippen LogP contribution in [0.3, 0.4) is 0 Å². The summed E-state index contributed by atoms with van der Waals surface area (Å²) in [4.78, 5) is 17.7. The molecular formula is C27H26FN3O2. The van der Waals surface area contributed by atoms with Crippen molar-refractivity contribution < 1.29 is 14.3 Å². The number of fused-ring (bicyclic) bond motifs is 1. The van der Waals surface area contributed by atoms with E-state index in [1.54, 1.807) is 12.3 Å². The molecule has 1 fully saturated rings. The van der Waals surface area contributed by atoms with Gasteiger partial charge in [-0.2, -0.15) is 0 Å². The lowest BCUT2D eigenvalue weighted by Crippen LogP contribution is -2.45. The van der Waals surface area contributed by atoms with E-state index in [0.29, 0.717) is 23.9 Å². The van der Waals surface area contributed by atoms with Gasteiger partial charge in [0.15, 0.2) is 0 Å². The highest BCUT2D eigenvalue weighted by molar-refractivity contribution is 6.07. The summed E-state index contributed by atoms with van der Waals surface area (Å²) in [5.41, 5.74) is 3.84. The molecule has 2 atom stereocenters. The number of benzene rings is 2. The molecular weight excluding hydrogens is 417 g/mol. The fraction of sp³-hybridized carbons (Fsp3) is 0.259. The second-order valence-corrected chi connectivity index (χ2v) is 8.64. The van der Waals surface area contributed by atoms with Crippen LogP contribution < -0.4 is 5.32 Å². The van der Waals surface area contributed by atoms with Gasteiger partial charge in [-0.05, 0) is 36.6 Å². The highest BCUT2D eigenvalue weighted by Crippen LogP contribution is 2.27. The van der Waals surface area contributed by atoms with Gasteiger partial charge >= 0.3 is 0 Å². The molecule has 5 nitrogen and oxygen atoms in total. The van der Waals surface area contributed by atoms with Crippen LogP contribution in [-0.2, 0) is 6.54 Å². The maximum atomic E-state index is 14.8. The minimum absolute atomic E-state index is 0.279. The van der Waals surface area contributed by atoms with E-state index in [0.717, 1.165) is 36.1 Å². The summed E-state index contributed by atoms with van der Waals surface area (Å²) in [6.45, 7) is 0.411. The molecule has 0 aliphatic heterocycles. The molecule has 168 valence electrons. The molecule has 1 aliphatic carbocycles. The zero-order valence-electron chi connectivity index (χ0n) is 18.2. The molecule has 1 aliphatic rings. The van der Waals surface area contributed by atoms with E-state index in [2.05, 4.69) is 10.3 Å². The first-order valence-electron chi connectivity index (χ1n) is 11.4. The molecule has 0 unspecified atom stereocenters. The Morgan fingerprint density at radius 3 is 2.61 bits per heavy atom. The number of pyridine rings is 1. The Morgan fingerprint density at radius 2 is 1.85 bits per heavy atom. The van der Waals surface area contributed by atoms with Crippen LogP contribution in [0, 0.1) is 5.82 Å². The minimum Gasteiger partial charge on any atom is -0.391 e. The monoisotopic (exact) mass is 443 g/mol. The number of hydrogen-bond acceptors (Lipinski definition) is 3. The number of rotatable bonds is 5. The van der Waals surface area contributed by atoms with E-state index >= 15 is 0 Å². The quantitative estimate of drug-likeness (QED) is 0.460. The van der Waals surface area contributed by atoms with Gasteiger partial charge in [0.25, 0.3) is 5.91 Å². The van der Waals surface area contributed by atoms with Crippen molar-refractivity contribution in [3.8, 4) is 11.1 Å². The minimum atomic E-state index is -0.562. The molecule has 2 heterocycles. The van der Waals surface area contributed by atoms with Crippen molar-refractivity contribution in [2.45, 2.75) is 44.4 Å². The average Bonchev–Trinajstić information content (AvgIpc) is 3.21. The number of nitrogens with one attached hydrogen (secondary N) is 1. The van der Waals surface area contributed by atoms with Gasteiger partial charge in [0, 0.05) is 23.3 Å². The summed E-state index contributed by atoms with van der Waals surface area (Å²) >= 11 is 0. The van der Waals surface area contributed by atoms with Gasteiger partial charge in [-0.15, -0.1) is 0 Å². The lowest BCUT2D eigenvalue weighted by atomic mass is 9.92. The molecule has 5 rings (SSSR count). The Bertz CT molecular complexity index is 1270. The molecule has 4 aromatic rings. The molecule has 2 N–H and O–H groups in total. The average molecular weight is 444 g/mol. The number of carbonyl (C=O) groups is 1. The van der Waals surface area contributed by atoms with Crippen LogP contribution in [0.1, 0.15) is 41.7 Å². The smallest absolute Gasteiger partial charge is 0.253 e. The van der Waals surface area contributed by atoms with E-state index in [1.807, 2.05) is 59.3 Å². The van der Waals surface area contributed by atoms with Crippen molar-refractivity contribution in [3.05, 3.63) is 90.1 Å². The van der Waals surface area contributed by atoms with Crippen LogP contribution >= 0.6 is 0 Å². The number of aliphatic hydroxyl groups excluding tert-OH is 1. The van der Waals surface area contributed by atoms with Gasteiger partial charge < -0.3 is 15.0 Å². The van der Waals surface area contributed by atoms with Crippen molar-refractivity contribution in [1.82, 2.24) is 14.9 Å². The largest absolute Gasteiger partial charge is 0.391 e. The number of aromatic nitrogens is 2. The van der Waals surface area contributed by atoms with E-state index in [4.69, 9.17) is 0 Å². The predicted molar refractivity (Wildman–Crippen MR) is 126 cm³/mol. The van der Waals surface area contributed by atoms with Gasteiger partial charge in [0.1, 0.15) is 5.82 Å². The van der Waals surface area contributed by atoms with E-state index < -0.39 is 11.9 Å². The zero-order valence-corrected chi connectivity index (χ0v) is 18.2. The second kappa shape index (κ2) is 9.16. The maximum absolute atomic E-state index is 14.8. The molecule has 6 heteroatoms. The number of aliphatic hydroxyl groups is 1. The highest BCUT2D eigenvalue weighted by Gasteiger charge is 2.27. The normalized spacial score (nSPS) is 18.4. The third kappa shape index (κ3) is 4.39. The van der Waals surface area contributed by atoms with Gasteiger partial charge in [-0.1, -0.05) is 55.3 Å². The van der Waals surface area contributed by atoms with Crippen molar-refractivity contribution in [2.24, 2.45) is 0 Å². The summed E-state index contributed by atoms with van der Waals surface area (Å²) in [5, 5.41) is 13.5. The second-order valence-electron chi connectivity index (χ2n) is 8.64. The fourth-order valence-electron chi connectivity index (χ4n) is 4.63. The molecule has 0 radical (unpaired) electrons. The molecule has 33 heavy (non-hydrogen) atoms. The van der Waals surface area contributed by atoms with E-state index in [-0.39, 0.29) is 17.5 Å². The number of halogens is 1. The standard InChI is InChI=1S/C27H26FN3O2/c28-22-9-6-11-24-26(22)21(27(33)30-23-10-4-5-12-25(23)32)17-31(24)16-20-14-13-19(15-29-20)18-7-2-1-3-8-18/h1-3,6-9,11,13-15,17,23,25,32H,4-5,10,12,16H2,(H,30,33)/t23-,25-/m0/s1. The third-order valence-corrected chi connectivity index (χ3v) is 6.41. The molecule has 2 aromatic carbocycles. The predicted octanol–water partition coefficient (Wildman–Crippen LogP) is 4.92. The SMILES string of the molecule is O=C(N[C@H]1CCCC[C@@H]1O)c1cn(Cc2ccc(-c3ccccc3)cn2)c2cccc(F)c12. The van der Waals surface area contributed by atoms with Crippen LogP contribution in [-0.4, -0.2) is 32.7 Å². The molecule has 0 bridgehead atoms. The van der Waals surface area contributed by atoms with Crippen molar-refractivity contribution >= 4 is 16.8 Å². The number of carbonyl (C=O) groups excluding carboxylic acids is 1. The summed E-state index contributed by atoms with van der Waals surface area (Å²) in [5.74, 6) is -0.796. The Kier molecular flexibility index (Phi) is 5.92. The van der Waals surface area contributed by atoms with E-state index in [1.165, 1.54) is 6.07 Å². The number of amides is 1. The molecule has 1 amide bonds. The van der Waals surface area contributed by atoms with Crippen LogP contribution in [0.5, 0.6) is 0 Å². The third-order valence-electron chi connectivity index (χ3n) is 6.41. The topological polar surface area (TPSA) is 67.2 Å². The Balaban J connectivity index is 1.43. The Morgan fingerprint density at radius 1 is 1.03 bits per heavy atom. The van der Waals surface area contributed by atoms with Gasteiger partial charge in [-0.25, -0.2) is 4.39 Å². The number of hydrogen-bond donors (Lipinski definition) is 2. The van der Waals surface area contributed by atoms with Crippen LogP contribution in [0.25, 0.3) is 22.0 Å². The number of nitrogens with zero attached hydrogens (tertiary/aromatic N) is 2. The van der Waals surface area contributed by atoms with Gasteiger partial charge in [-0.3, -0.25) is 9.78 Å². The molecule has 2 aromatic heterocycles. The molecule has 1 saturated carbocycles.